The van der Waals surface area contributed by atoms with Crippen LogP contribution in [0.5, 0.6) is 0 Å². The van der Waals surface area contributed by atoms with Crippen molar-refractivity contribution in [2.24, 2.45) is 0 Å². The Kier molecular flexibility index (Phi) is 4.72. The van der Waals surface area contributed by atoms with Gasteiger partial charge in [-0.3, -0.25) is 0 Å². The first kappa shape index (κ1) is 15.6. The van der Waals surface area contributed by atoms with Gasteiger partial charge in [0.15, 0.2) is 5.82 Å². The Hall–Kier alpha value is -1.76. The maximum atomic E-state index is 11.9. The fraction of sp³-hybridized carbons (Fsp3) is 0.714. The summed E-state index contributed by atoms with van der Waals surface area (Å²) in [5, 5.41) is 17.2. The second-order valence-electron chi connectivity index (χ2n) is 5.79. The first-order chi connectivity index (χ1) is 9.93. The number of aliphatic hydroxyl groups excluding tert-OH is 1. The Morgan fingerprint density at radius 2 is 2.05 bits per heavy atom. The fourth-order valence-corrected chi connectivity index (χ4v) is 2.66. The molecule has 1 fully saturated rings. The summed E-state index contributed by atoms with van der Waals surface area (Å²) in [5.74, 6) is 0.294. The molecule has 21 heavy (non-hydrogen) atoms. The predicted molar refractivity (Wildman–Crippen MR) is 80.2 cm³/mol. The number of nitrogen functional groups attached to an aromatic ring is 1. The molecule has 7 heteroatoms. The van der Waals surface area contributed by atoms with Crippen LogP contribution in [0.1, 0.15) is 55.9 Å². The van der Waals surface area contributed by atoms with E-state index in [1.165, 1.54) is 7.11 Å². The van der Waals surface area contributed by atoms with Crippen molar-refractivity contribution in [2.75, 3.05) is 18.2 Å². The number of nitrogens with zero attached hydrogens (tertiary/aromatic N) is 2. The standard InChI is InChI=1S/C14H24N4O3/c1-8(2)18-12(15)11(14(20)21-3)13(17-18)16-9-4-6-10(19)7-5-9/h8-10,19H,4-7,15H2,1-3H3,(H,16,17). The smallest absolute Gasteiger partial charge is 0.345 e. The second kappa shape index (κ2) is 6.34. The van der Waals surface area contributed by atoms with Gasteiger partial charge in [0.25, 0.3) is 0 Å². The first-order valence-corrected chi connectivity index (χ1v) is 7.35. The van der Waals surface area contributed by atoms with Crippen molar-refractivity contribution in [3.8, 4) is 0 Å². The van der Waals surface area contributed by atoms with Gasteiger partial charge in [-0.1, -0.05) is 0 Å². The Morgan fingerprint density at radius 3 is 2.57 bits per heavy atom. The number of methoxy groups -OCH3 is 1. The fourth-order valence-electron chi connectivity index (χ4n) is 2.66. The molecule has 1 aromatic heterocycles. The number of hydrogen-bond donors (Lipinski definition) is 3. The maximum absolute atomic E-state index is 11.9. The topological polar surface area (TPSA) is 102 Å². The molecule has 7 nitrogen and oxygen atoms in total. The monoisotopic (exact) mass is 296 g/mol. The van der Waals surface area contributed by atoms with Crippen LogP contribution in [0, 0.1) is 0 Å². The van der Waals surface area contributed by atoms with E-state index in [-0.39, 0.29) is 23.8 Å². The normalized spacial score (nSPS) is 22.3. The largest absolute Gasteiger partial charge is 0.465 e. The van der Waals surface area contributed by atoms with Crippen LogP contribution in [0.2, 0.25) is 0 Å². The summed E-state index contributed by atoms with van der Waals surface area (Å²) in [5.41, 5.74) is 6.32. The number of ether oxygens (including phenoxy) is 1. The summed E-state index contributed by atoms with van der Waals surface area (Å²) in [6, 6.07) is 0.240. The van der Waals surface area contributed by atoms with E-state index in [2.05, 4.69) is 10.4 Å². The van der Waals surface area contributed by atoms with E-state index in [0.717, 1.165) is 25.7 Å². The molecule has 1 aromatic rings. The van der Waals surface area contributed by atoms with Crippen LogP contribution in [0.25, 0.3) is 0 Å². The summed E-state index contributed by atoms with van der Waals surface area (Å²) < 4.78 is 6.42. The number of nitrogens with one attached hydrogen (secondary N) is 1. The highest BCUT2D eigenvalue weighted by Crippen LogP contribution is 2.28. The molecule has 4 N–H and O–H groups in total. The minimum absolute atomic E-state index is 0.0529. The van der Waals surface area contributed by atoms with E-state index in [1.54, 1.807) is 4.68 Å². The van der Waals surface area contributed by atoms with Crippen molar-refractivity contribution in [3.63, 3.8) is 0 Å². The molecule has 0 amide bonds. The highest BCUT2D eigenvalue weighted by molar-refractivity contribution is 5.99. The molecule has 0 atom stereocenters. The molecule has 0 radical (unpaired) electrons. The molecule has 1 aliphatic rings. The zero-order chi connectivity index (χ0) is 15.6. The number of carbonyl (C=O) groups excluding carboxylic acids is 1. The molecular formula is C14H24N4O3. The van der Waals surface area contributed by atoms with E-state index in [4.69, 9.17) is 10.5 Å². The van der Waals surface area contributed by atoms with Crippen LogP contribution < -0.4 is 11.1 Å². The molecule has 2 rings (SSSR count). The number of rotatable bonds is 4. The van der Waals surface area contributed by atoms with E-state index >= 15 is 0 Å². The van der Waals surface area contributed by atoms with Crippen LogP contribution >= 0.6 is 0 Å². The van der Waals surface area contributed by atoms with Gasteiger partial charge in [-0.2, -0.15) is 5.10 Å². The molecule has 1 saturated carbocycles. The van der Waals surface area contributed by atoms with Gasteiger partial charge in [0.1, 0.15) is 11.4 Å². The highest BCUT2D eigenvalue weighted by atomic mass is 16.5. The lowest BCUT2D eigenvalue weighted by Gasteiger charge is -2.26. The first-order valence-electron chi connectivity index (χ1n) is 7.35. The van der Waals surface area contributed by atoms with Gasteiger partial charge in [0.2, 0.25) is 0 Å². The van der Waals surface area contributed by atoms with Gasteiger partial charge in [0, 0.05) is 12.1 Å². The summed E-state index contributed by atoms with van der Waals surface area (Å²) in [7, 11) is 1.33. The predicted octanol–water partition coefficient (Wildman–Crippen LogP) is 1.55. The zero-order valence-electron chi connectivity index (χ0n) is 12.8. The van der Waals surface area contributed by atoms with Gasteiger partial charge >= 0.3 is 5.97 Å². The molecule has 0 unspecified atom stereocenters. The Morgan fingerprint density at radius 1 is 1.43 bits per heavy atom. The molecule has 0 spiro atoms. The van der Waals surface area contributed by atoms with Crippen molar-refractivity contribution in [3.05, 3.63) is 5.56 Å². The highest BCUT2D eigenvalue weighted by Gasteiger charge is 2.27. The molecule has 1 aliphatic carbocycles. The van der Waals surface area contributed by atoms with Crippen LogP contribution in [0.3, 0.4) is 0 Å². The van der Waals surface area contributed by atoms with Crippen LogP contribution in [0.15, 0.2) is 0 Å². The van der Waals surface area contributed by atoms with Crippen molar-refractivity contribution < 1.29 is 14.6 Å². The number of aliphatic hydroxyl groups is 1. The molecule has 1 heterocycles. The van der Waals surface area contributed by atoms with E-state index in [1.807, 2.05) is 13.8 Å². The number of nitrogens with two attached hydrogens (primary N) is 1. The van der Waals surface area contributed by atoms with Crippen molar-refractivity contribution in [1.82, 2.24) is 9.78 Å². The van der Waals surface area contributed by atoms with Gasteiger partial charge in [-0.15, -0.1) is 0 Å². The van der Waals surface area contributed by atoms with E-state index < -0.39 is 5.97 Å². The summed E-state index contributed by atoms with van der Waals surface area (Å²) in [6.07, 6.45) is 2.98. The lowest BCUT2D eigenvalue weighted by atomic mass is 9.93. The molecule has 0 aliphatic heterocycles. The SMILES string of the molecule is COC(=O)c1c(NC2CCC(O)CC2)nn(C(C)C)c1N. The minimum Gasteiger partial charge on any atom is -0.465 e. The van der Waals surface area contributed by atoms with Crippen LogP contribution in [-0.2, 0) is 4.74 Å². The van der Waals surface area contributed by atoms with Gasteiger partial charge in [-0.05, 0) is 39.5 Å². The average Bonchev–Trinajstić information content (AvgIpc) is 2.77. The molecular weight excluding hydrogens is 272 g/mol. The van der Waals surface area contributed by atoms with E-state index in [0.29, 0.717) is 11.6 Å². The number of anilines is 2. The minimum atomic E-state index is -0.488. The van der Waals surface area contributed by atoms with Gasteiger partial charge in [0.05, 0.1) is 13.2 Å². The number of carbonyl (C=O) groups is 1. The lowest BCUT2D eigenvalue weighted by molar-refractivity contribution is 0.0602. The van der Waals surface area contributed by atoms with Crippen LogP contribution in [-0.4, -0.2) is 40.1 Å². The Labute approximate surface area is 124 Å². The molecule has 118 valence electrons. The molecule has 0 saturated heterocycles. The third-order valence-corrected chi connectivity index (χ3v) is 3.86. The Balaban J connectivity index is 2.25. The van der Waals surface area contributed by atoms with Gasteiger partial charge in [-0.25, -0.2) is 9.48 Å². The lowest BCUT2D eigenvalue weighted by Crippen LogP contribution is -2.29. The van der Waals surface area contributed by atoms with Crippen molar-refractivity contribution in [2.45, 2.75) is 57.7 Å². The average molecular weight is 296 g/mol. The van der Waals surface area contributed by atoms with Gasteiger partial charge < -0.3 is 20.9 Å². The summed E-state index contributed by atoms with van der Waals surface area (Å²) in [6.45, 7) is 3.90. The Bertz CT molecular complexity index is 505. The number of esters is 1. The van der Waals surface area contributed by atoms with Crippen molar-refractivity contribution in [1.29, 1.82) is 0 Å². The number of hydrogen-bond acceptors (Lipinski definition) is 6. The number of aromatic nitrogens is 2. The summed E-state index contributed by atoms with van der Waals surface area (Å²) in [4.78, 5) is 11.9. The maximum Gasteiger partial charge on any atom is 0.345 e. The molecule has 0 aromatic carbocycles. The second-order valence-corrected chi connectivity index (χ2v) is 5.79. The summed E-state index contributed by atoms with van der Waals surface area (Å²) >= 11 is 0. The van der Waals surface area contributed by atoms with Crippen LogP contribution in [0.4, 0.5) is 11.6 Å². The molecule has 0 bridgehead atoms. The quantitative estimate of drug-likeness (QED) is 0.728. The van der Waals surface area contributed by atoms with Crippen molar-refractivity contribution >= 4 is 17.6 Å². The third kappa shape index (κ3) is 3.29. The third-order valence-electron chi connectivity index (χ3n) is 3.86. The van der Waals surface area contributed by atoms with E-state index in [9.17, 15) is 9.90 Å². The zero-order valence-corrected chi connectivity index (χ0v) is 12.8.